The van der Waals surface area contributed by atoms with Crippen LogP contribution in [0, 0.1) is 0 Å². The molecule has 0 aromatic heterocycles. The van der Waals surface area contributed by atoms with Crippen LogP contribution in [-0.2, 0) is 14.4 Å². The molecule has 0 fully saturated rings. The van der Waals surface area contributed by atoms with E-state index >= 15 is 0 Å². The molecule has 2 N–H and O–H groups in total. The summed E-state index contributed by atoms with van der Waals surface area (Å²) in [5, 5.41) is 8.07. The van der Waals surface area contributed by atoms with Crippen LogP contribution in [0.2, 0.25) is 0 Å². The van der Waals surface area contributed by atoms with Gasteiger partial charge in [0.15, 0.2) is 0 Å². The second-order valence-electron chi connectivity index (χ2n) is 1.58. The summed E-state index contributed by atoms with van der Waals surface area (Å²) in [4.78, 5) is 24.6. The largest absolute Gasteiger partial charge is 0.478 e. The van der Waals surface area contributed by atoms with E-state index in [0.717, 1.165) is 12.3 Å². The highest BCUT2D eigenvalue weighted by Crippen LogP contribution is 1.78. The number of carbonyl (C=O) groups excluding carboxylic acids is 1. The van der Waals surface area contributed by atoms with E-state index in [2.05, 4.69) is 9.57 Å². The molecule has 0 aromatic carbocycles. The van der Waals surface area contributed by atoms with Crippen molar-refractivity contribution in [3.05, 3.63) is 12.3 Å². The second kappa shape index (κ2) is 6.02. The van der Waals surface area contributed by atoms with E-state index in [1.54, 1.807) is 6.92 Å². The monoisotopic (exact) mass is 175 g/mol. The minimum absolute atomic E-state index is 0.220. The Balaban J connectivity index is 3.43. The molecule has 0 bridgehead atoms. The number of carbonyl (C=O) groups is 2. The molecular weight excluding hydrogens is 166 g/mol. The molecule has 0 aromatic rings. The zero-order valence-electron chi connectivity index (χ0n) is 6.44. The van der Waals surface area contributed by atoms with Gasteiger partial charge in [-0.2, -0.15) is 5.48 Å². The predicted octanol–water partition coefficient (Wildman–Crippen LogP) is 0.262. The third kappa shape index (κ3) is 6.40. The van der Waals surface area contributed by atoms with Crippen LogP contribution in [0.25, 0.3) is 0 Å². The van der Waals surface area contributed by atoms with Gasteiger partial charge in [0.2, 0.25) is 0 Å². The zero-order valence-corrected chi connectivity index (χ0v) is 6.44. The van der Waals surface area contributed by atoms with Crippen LogP contribution < -0.4 is 5.48 Å². The maximum atomic E-state index is 10.4. The summed E-state index contributed by atoms with van der Waals surface area (Å²) in [6.07, 6.45) is 0.776. The molecule has 0 spiro atoms. The van der Waals surface area contributed by atoms with Crippen LogP contribution in [0.1, 0.15) is 6.92 Å². The van der Waals surface area contributed by atoms with E-state index in [1.165, 1.54) is 0 Å². The van der Waals surface area contributed by atoms with Gasteiger partial charge >= 0.3 is 12.1 Å². The van der Waals surface area contributed by atoms with Crippen molar-refractivity contribution in [3.8, 4) is 0 Å². The normalized spacial score (nSPS) is 9.42. The van der Waals surface area contributed by atoms with Crippen LogP contribution in [0.15, 0.2) is 12.3 Å². The first-order valence-corrected chi connectivity index (χ1v) is 3.14. The molecule has 68 valence electrons. The van der Waals surface area contributed by atoms with E-state index in [1.807, 2.05) is 5.48 Å². The van der Waals surface area contributed by atoms with Gasteiger partial charge < -0.3 is 14.7 Å². The van der Waals surface area contributed by atoms with Gasteiger partial charge in [-0.25, -0.2) is 9.59 Å². The highest BCUT2D eigenvalue weighted by Gasteiger charge is 1.96. The van der Waals surface area contributed by atoms with E-state index in [4.69, 9.17) is 5.11 Å². The first kappa shape index (κ1) is 10.3. The van der Waals surface area contributed by atoms with Crippen molar-refractivity contribution in [2.75, 3.05) is 6.61 Å². The molecule has 0 aliphatic rings. The number of carboxylic acids is 1. The molecule has 12 heavy (non-hydrogen) atoms. The number of aliphatic carboxylic acids is 1. The maximum absolute atomic E-state index is 10.4. The Morgan fingerprint density at radius 1 is 1.58 bits per heavy atom. The molecule has 0 radical (unpaired) electrons. The summed E-state index contributed by atoms with van der Waals surface area (Å²) < 4.78 is 4.39. The number of ether oxygens (including phenoxy) is 1. The summed E-state index contributed by atoms with van der Waals surface area (Å²) >= 11 is 0. The Kier molecular flexibility index (Phi) is 5.16. The molecule has 0 rings (SSSR count). The third-order valence-electron chi connectivity index (χ3n) is 0.696. The Labute approximate surface area is 68.7 Å². The third-order valence-corrected chi connectivity index (χ3v) is 0.696. The summed E-state index contributed by atoms with van der Waals surface area (Å²) in [6, 6.07) is 0. The molecule has 0 heterocycles. The van der Waals surface area contributed by atoms with E-state index < -0.39 is 12.1 Å². The lowest BCUT2D eigenvalue weighted by molar-refractivity contribution is -0.131. The van der Waals surface area contributed by atoms with Crippen LogP contribution in [0.4, 0.5) is 4.79 Å². The van der Waals surface area contributed by atoms with Crippen molar-refractivity contribution in [3.63, 3.8) is 0 Å². The Hall–Kier alpha value is -1.72. The lowest BCUT2D eigenvalue weighted by atomic mass is 10.7. The number of hydrogen-bond donors (Lipinski definition) is 2. The smallest absolute Gasteiger partial charge is 0.440 e. The molecule has 6 nitrogen and oxygen atoms in total. The maximum Gasteiger partial charge on any atom is 0.440 e. The quantitative estimate of drug-likeness (QED) is 0.363. The first-order valence-electron chi connectivity index (χ1n) is 3.14. The highest BCUT2D eigenvalue weighted by atomic mass is 16.7. The summed E-state index contributed by atoms with van der Waals surface area (Å²) in [5.74, 6) is -1.17. The van der Waals surface area contributed by atoms with Gasteiger partial charge in [0, 0.05) is 0 Å². The number of carboxylic acid groups (broad SMARTS) is 1. The molecule has 0 aliphatic carbocycles. The van der Waals surface area contributed by atoms with Gasteiger partial charge in [-0.3, -0.25) is 0 Å². The van der Waals surface area contributed by atoms with Crippen molar-refractivity contribution in [1.29, 1.82) is 0 Å². The van der Waals surface area contributed by atoms with Gasteiger partial charge in [-0.15, -0.1) is 0 Å². The molecule has 0 unspecified atom stereocenters. The van der Waals surface area contributed by atoms with Crippen LogP contribution in [0.5, 0.6) is 0 Å². The van der Waals surface area contributed by atoms with Gasteiger partial charge in [0.05, 0.1) is 12.7 Å². The van der Waals surface area contributed by atoms with Crippen molar-refractivity contribution in [2.45, 2.75) is 6.92 Å². The summed E-state index contributed by atoms with van der Waals surface area (Å²) in [5.41, 5.74) is 1.83. The molecule has 0 aliphatic heterocycles. The summed E-state index contributed by atoms with van der Waals surface area (Å²) in [7, 11) is 0. The van der Waals surface area contributed by atoms with Crippen molar-refractivity contribution < 1.29 is 24.3 Å². The number of rotatable bonds is 4. The van der Waals surface area contributed by atoms with Crippen LogP contribution in [0.3, 0.4) is 0 Å². The fourth-order valence-electron chi connectivity index (χ4n) is 0.335. The lowest BCUT2D eigenvalue weighted by Crippen LogP contribution is -2.22. The van der Waals surface area contributed by atoms with E-state index in [0.29, 0.717) is 0 Å². The Morgan fingerprint density at radius 2 is 2.25 bits per heavy atom. The fraction of sp³-hybridized carbons (Fsp3) is 0.333. The van der Waals surface area contributed by atoms with Crippen LogP contribution in [-0.4, -0.2) is 23.8 Å². The highest BCUT2D eigenvalue weighted by molar-refractivity contribution is 5.79. The Morgan fingerprint density at radius 3 is 2.75 bits per heavy atom. The van der Waals surface area contributed by atoms with Gasteiger partial charge in [-0.1, -0.05) is 0 Å². The minimum Gasteiger partial charge on any atom is -0.478 e. The van der Waals surface area contributed by atoms with Crippen LogP contribution >= 0.6 is 0 Å². The fourth-order valence-corrected chi connectivity index (χ4v) is 0.335. The van der Waals surface area contributed by atoms with Gasteiger partial charge in [-0.05, 0) is 6.92 Å². The van der Waals surface area contributed by atoms with Gasteiger partial charge in [0.25, 0.3) is 0 Å². The number of hydrogen-bond acceptors (Lipinski definition) is 4. The van der Waals surface area contributed by atoms with E-state index in [9.17, 15) is 9.59 Å². The molecule has 0 saturated carbocycles. The molecule has 0 atom stereocenters. The predicted molar refractivity (Wildman–Crippen MR) is 38.0 cm³/mol. The Bertz CT molecular complexity index is 188. The number of nitrogens with one attached hydrogen (secondary N) is 1. The van der Waals surface area contributed by atoms with Crippen molar-refractivity contribution in [2.24, 2.45) is 0 Å². The topological polar surface area (TPSA) is 84.9 Å². The number of hydroxylamine groups is 1. The average Bonchev–Trinajstić information content (AvgIpc) is 1.98. The lowest BCUT2D eigenvalue weighted by Gasteiger charge is -2.01. The van der Waals surface area contributed by atoms with Gasteiger partial charge in [0.1, 0.15) is 6.26 Å². The van der Waals surface area contributed by atoms with Crippen molar-refractivity contribution in [1.82, 2.24) is 5.48 Å². The standard InChI is InChI=1S/C6H9NO5/c1-2-11-6(10)7-12-4-3-5(8)9/h3-4H,2H2,1H3,(H,7,10)(H,8,9). The summed E-state index contributed by atoms with van der Waals surface area (Å²) in [6.45, 7) is 1.85. The minimum atomic E-state index is -1.17. The second-order valence-corrected chi connectivity index (χ2v) is 1.58. The first-order chi connectivity index (χ1) is 5.66. The molecule has 6 heteroatoms. The van der Waals surface area contributed by atoms with E-state index in [-0.39, 0.29) is 6.61 Å². The zero-order chi connectivity index (χ0) is 9.40. The SMILES string of the molecule is CCOC(=O)NOC=CC(=O)O. The molecular formula is C6H9NO5. The molecule has 1 amide bonds. The average molecular weight is 175 g/mol. The van der Waals surface area contributed by atoms with Crippen molar-refractivity contribution >= 4 is 12.1 Å². The number of amides is 1. The molecule has 0 saturated heterocycles.